The van der Waals surface area contributed by atoms with Crippen LogP contribution in [-0.2, 0) is 20.4 Å². The Morgan fingerprint density at radius 1 is 1.30 bits per heavy atom. The van der Waals surface area contributed by atoms with Crippen LogP contribution in [0.5, 0.6) is 0 Å². The molecule has 0 bridgehead atoms. The maximum absolute atomic E-state index is 13.2. The second-order valence-corrected chi connectivity index (χ2v) is 8.64. The number of hydrogen-bond acceptors (Lipinski definition) is 3. The van der Waals surface area contributed by atoms with Crippen molar-refractivity contribution in [3.8, 4) is 0 Å². The van der Waals surface area contributed by atoms with E-state index in [1.807, 2.05) is 0 Å². The van der Waals surface area contributed by atoms with E-state index < -0.39 is 20.9 Å². The molecule has 1 saturated carbocycles. The number of nitrogens with zero attached hydrogens (tertiary/aromatic N) is 1. The molecule has 1 aliphatic carbocycles. The summed E-state index contributed by atoms with van der Waals surface area (Å²) in [5.41, 5.74) is 0.366. The van der Waals surface area contributed by atoms with Gasteiger partial charge in [0.1, 0.15) is 11.1 Å². The lowest BCUT2D eigenvalue weighted by atomic mass is 9.94. The van der Waals surface area contributed by atoms with E-state index in [1.54, 1.807) is 18.0 Å². The van der Waals surface area contributed by atoms with Crippen molar-refractivity contribution in [3.05, 3.63) is 35.6 Å². The van der Waals surface area contributed by atoms with Gasteiger partial charge in [-0.05, 0) is 37.5 Å². The van der Waals surface area contributed by atoms with Crippen LogP contribution in [0, 0.1) is 5.82 Å². The average Bonchev–Trinajstić information content (AvgIpc) is 2.53. The van der Waals surface area contributed by atoms with Crippen LogP contribution in [0.4, 0.5) is 4.39 Å². The lowest BCUT2D eigenvalue weighted by Gasteiger charge is -2.32. The lowest BCUT2D eigenvalue weighted by Crippen LogP contribution is -2.45. The molecule has 0 unspecified atom stereocenters. The minimum Gasteiger partial charge on any atom is -0.342 e. The Morgan fingerprint density at radius 2 is 1.96 bits per heavy atom. The fraction of sp³-hybridized carbons (Fsp3) is 0.588. The van der Waals surface area contributed by atoms with Crippen LogP contribution < -0.4 is 0 Å². The first-order valence-corrected chi connectivity index (χ1v) is 9.75. The Morgan fingerprint density at radius 3 is 2.57 bits per heavy atom. The topological polar surface area (TPSA) is 54.5 Å². The van der Waals surface area contributed by atoms with E-state index in [4.69, 9.17) is 0 Å². The Balaban J connectivity index is 2.07. The predicted octanol–water partition coefficient (Wildman–Crippen LogP) is 2.92. The molecular weight excluding hydrogens is 317 g/mol. The summed E-state index contributed by atoms with van der Waals surface area (Å²) < 4.78 is 38.1. The van der Waals surface area contributed by atoms with E-state index in [0.717, 1.165) is 25.7 Å². The van der Waals surface area contributed by atoms with Crippen LogP contribution in [-0.4, -0.2) is 37.6 Å². The summed E-state index contributed by atoms with van der Waals surface area (Å²) in [4.78, 5) is 14.1. The number of carbonyl (C=O) groups is 1. The van der Waals surface area contributed by atoms with Crippen molar-refractivity contribution in [2.75, 3.05) is 7.05 Å². The minimum atomic E-state index is -3.67. The molecule has 0 N–H and O–H groups in total. The summed E-state index contributed by atoms with van der Waals surface area (Å²) in [6.45, 7) is 1.43. The molecule has 1 fully saturated rings. The van der Waals surface area contributed by atoms with Crippen molar-refractivity contribution in [2.24, 2.45) is 0 Å². The number of hydrogen-bond donors (Lipinski definition) is 0. The van der Waals surface area contributed by atoms with Gasteiger partial charge in [0.25, 0.3) is 0 Å². The highest BCUT2D eigenvalue weighted by Gasteiger charge is 2.33. The van der Waals surface area contributed by atoms with Crippen LogP contribution in [0.3, 0.4) is 0 Å². The highest BCUT2D eigenvalue weighted by Crippen LogP contribution is 2.23. The largest absolute Gasteiger partial charge is 0.342 e. The van der Waals surface area contributed by atoms with Gasteiger partial charge < -0.3 is 4.90 Å². The van der Waals surface area contributed by atoms with E-state index in [9.17, 15) is 17.6 Å². The van der Waals surface area contributed by atoms with Crippen LogP contribution in [0.25, 0.3) is 0 Å². The van der Waals surface area contributed by atoms with E-state index in [1.165, 1.54) is 31.5 Å². The van der Waals surface area contributed by atoms with Crippen molar-refractivity contribution < 1.29 is 17.6 Å². The number of carbonyl (C=O) groups excluding carboxylic acids is 1. The highest BCUT2D eigenvalue weighted by atomic mass is 32.2. The maximum Gasteiger partial charge on any atom is 0.240 e. The smallest absolute Gasteiger partial charge is 0.240 e. The Kier molecular flexibility index (Phi) is 5.79. The zero-order chi connectivity index (χ0) is 17.0. The van der Waals surface area contributed by atoms with Gasteiger partial charge in [0.15, 0.2) is 9.84 Å². The van der Waals surface area contributed by atoms with Gasteiger partial charge in [-0.25, -0.2) is 12.8 Å². The number of halogens is 1. The Bertz CT molecular complexity index is 654. The summed E-state index contributed by atoms with van der Waals surface area (Å²) in [5, 5.41) is -1.11. The van der Waals surface area contributed by atoms with Gasteiger partial charge in [0.2, 0.25) is 5.91 Å². The molecule has 23 heavy (non-hydrogen) atoms. The molecule has 0 heterocycles. The molecule has 128 valence electrons. The third kappa shape index (κ3) is 4.53. The number of rotatable bonds is 5. The first kappa shape index (κ1) is 17.9. The van der Waals surface area contributed by atoms with Crippen molar-refractivity contribution in [1.29, 1.82) is 0 Å². The van der Waals surface area contributed by atoms with E-state index in [0.29, 0.717) is 5.56 Å². The first-order chi connectivity index (χ1) is 10.8. The van der Waals surface area contributed by atoms with Gasteiger partial charge in [0.05, 0.1) is 5.75 Å². The molecule has 2 rings (SSSR count). The van der Waals surface area contributed by atoms with Crippen LogP contribution in [0.1, 0.15) is 44.6 Å². The Labute approximate surface area is 137 Å². The normalized spacial score (nSPS) is 17.7. The summed E-state index contributed by atoms with van der Waals surface area (Å²) in [5.74, 6) is -1.17. The molecule has 1 atom stereocenters. The Hall–Kier alpha value is -1.43. The fourth-order valence-corrected chi connectivity index (χ4v) is 4.44. The fourth-order valence-electron chi connectivity index (χ4n) is 3.07. The van der Waals surface area contributed by atoms with Gasteiger partial charge in [0, 0.05) is 13.1 Å². The zero-order valence-electron chi connectivity index (χ0n) is 13.7. The van der Waals surface area contributed by atoms with Crippen molar-refractivity contribution in [2.45, 2.75) is 56.1 Å². The highest BCUT2D eigenvalue weighted by molar-refractivity contribution is 7.92. The van der Waals surface area contributed by atoms with Crippen molar-refractivity contribution in [3.63, 3.8) is 0 Å². The third-order valence-electron chi connectivity index (χ3n) is 4.61. The number of benzene rings is 1. The molecular formula is C17H24FNO3S. The van der Waals surface area contributed by atoms with Crippen LogP contribution in [0.15, 0.2) is 24.3 Å². The molecule has 0 aromatic heterocycles. The van der Waals surface area contributed by atoms with Gasteiger partial charge in [-0.15, -0.1) is 0 Å². The second kappa shape index (κ2) is 7.43. The van der Waals surface area contributed by atoms with Gasteiger partial charge in [-0.3, -0.25) is 4.79 Å². The molecule has 1 aromatic rings. The van der Waals surface area contributed by atoms with Crippen LogP contribution >= 0.6 is 0 Å². The molecule has 1 aromatic carbocycles. The zero-order valence-corrected chi connectivity index (χ0v) is 14.5. The molecule has 1 amide bonds. The number of amides is 1. The van der Waals surface area contributed by atoms with Gasteiger partial charge >= 0.3 is 0 Å². The van der Waals surface area contributed by atoms with E-state index >= 15 is 0 Å². The SMILES string of the molecule is C[C@@H](C(=O)N(C)C1CCCCC1)S(=O)(=O)Cc1cccc(F)c1. The molecule has 6 heteroatoms. The monoisotopic (exact) mass is 341 g/mol. The molecule has 0 radical (unpaired) electrons. The summed E-state index contributed by atoms with van der Waals surface area (Å²) in [6.07, 6.45) is 5.18. The first-order valence-electron chi connectivity index (χ1n) is 8.04. The standard InChI is InChI=1S/C17H24FNO3S/c1-13(17(20)19(2)16-9-4-3-5-10-16)23(21,22)12-14-7-6-8-15(18)11-14/h6-8,11,13,16H,3-5,9-10,12H2,1-2H3/t13-/m0/s1. The average molecular weight is 341 g/mol. The lowest BCUT2D eigenvalue weighted by molar-refractivity contribution is -0.131. The minimum absolute atomic E-state index is 0.128. The van der Waals surface area contributed by atoms with Gasteiger partial charge in [-0.2, -0.15) is 0 Å². The molecule has 0 saturated heterocycles. The molecule has 0 aliphatic heterocycles. The second-order valence-electron chi connectivity index (χ2n) is 6.32. The quantitative estimate of drug-likeness (QED) is 0.827. The van der Waals surface area contributed by atoms with Crippen LogP contribution in [0.2, 0.25) is 0 Å². The van der Waals surface area contributed by atoms with Crippen molar-refractivity contribution >= 4 is 15.7 Å². The maximum atomic E-state index is 13.2. The van der Waals surface area contributed by atoms with Gasteiger partial charge in [-0.1, -0.05) is 31.4 Å². The molecule has 1 aliphatic rings. The third-order valence-corrected chi connectivity index (χ3v) is 6.63. The molecule has 0 spiro atoms. The predicted molar refractivity (Wildman–Crippen MR) is 88.1 cm³/mol. The summed E-state index contributed by atoms with van der Waals surface area (Å²) in [6, 6.07) is 5.62. The van der Waals surface area contributed by atoms with E-state index in [2.05, 4.69) is 0 Å². The summed E-state index contributed by atoms with van der Waals surface area (Å²) >= 11 is 0. The summed E-state index contributed by atoms with van der Waals surface area (Å²) in [7, 11) is -1.98. The van der Waals surface area contributed by atoms with Crippen molar-refractivity contribution in [1.82, 2.24) is 4.90 Å². The number of sulfone groups is 1. The molecule has 4 nitrogen and oxygen atoms in total. The van der Waals surface area contributed by atoms with E-state index in [-0.39, 0.29) is 17.7 Å².